The number of hydrogen-bond acceptors (Lipinski definition) is 4. The zero-order chi connectivity index (χ0) is 23.8. The van der Waals surface area contributed by atoms with E-state index in [1.165, 1.54) is 30.3 Å². The van der Waals surface area contributed by atoms with Gasteiger partial charge >= 0.3 is 0 Å². The molecule has 1 aliphatic heterocycles. The van der Waals surface area contributed by atoms with Crippen molar-refractivity contribution in [2.75, 3.05) is 23.7 Å². The van der Waals surface area contributed by atoms with Crippen LogP contribution in [0.3, 0.4) is 0 Å². The summed E-state index contributed by atoms with van der Waals surface area (Å²) in [6.45, 7) is 1.85. The molecule has 0 unspecified atom stereocenters. The molecule has 0 aliphatic carbocycles. The second kappa shape index (κ2) is 9.14. The number of nitrogens with zero attached hydrogens (tertiary/aromatic N) is 3. The Hall–Kier alpha value is -3.32. The van der Waals surface area contributed by atoms with E-state index in [1.54, 1.807) is 12.3 Å². The lowest BCUT2D eigenvalue weighted by molar-refractivity contribution is 0.300. The second-order valence-electron chi connectivity index (χ2n) is 8.62. The Kier molecular flexibility index (Phi) is 6.04. The number of piperidine rings is 1. The van der Waals surface area contributed by atoms with E-state index in [4.69, 9.17) is 22.1 Å². The van der Waals surface area contributed by atoms with Gasteiger partial charge < -0.3 is 19.9 Å². The molecule has 0 bridgehead atoms. The number of pyridine rings is 1. The molecule has 1 fully saturated rings. The highest BCUT2D eigenvalue weighted by Gasteiger charge is 2.18. The Morgan fingerprint density at radius 3 is 2.59 bits per heavy atom. The number of rotatable bonds is 5. The minimum absolute atomic E-state index is 0.0663. The number of fused-ring (bicyclic) bond motifs is 1. The van der Waals surface area contributed by atoms with E-state index in [0.717, 1.165) is 41.9 Å². The van der Waals surface area contributed by atoms with Crippen molar-refractivity contribution in [2.24, 2.45) is 7.05 Å². The number of aromatic nitrogens is 2. The lowest BCUT2D eigenvalue weighted by Crippen LogP contribution is -2.29. The van der Waals surface area contributed by atoms with Crippen LogP contribution in [-0.4, -0.2) is 22.6 Å². The summed E-state index contributed by atoms with van der Waals surface area (Å²) >= 11 is 5.92. The van der Waals surface area contributed by atoms with Crippen LogP contribution < -0.4 is 15.4 Å². The third kappa shape index (κ3) is 4.16. The third-order valence-electron chi connectivity index (χ3n) is 6.39. The largest absolute Gasteiger partial charge is 0.485 e. The summed E-state index contributed by atoms with van der Waals surface area (Å²) in [4.78, 5) is 6.71. The highest BCUT2D eigenvalue weighted by atomic mass is 35.5. The molecule has 1 saturated heterocycles. The van der Waals surface area contributed by atoms with Gasteiger partial charge in [0.1, 0.15) is 18.2 Å². The zero-order valence-electron chi connectivity index (χ0n) is 18.8. The Labute approximate surface area is 201 Å². The van der Waals surface area contributed by atoms with Gasteiger partial charge in [-0.2, -0.15) is 0 Å². The van der Waals surface area contributed by atoms with Crippen molar-refractivity contribution in [3.05, 3.63) is 71.0 Å². The molecule has 2 aromatic heterocycles. The van der Waals surface area contributed by atoms with E-state index in [1.807, 2.05) is 6.07 Å². The van der Waals surface area contributed by atoms with Crippen LogP contribution in [0.5, 0.6) is 5.75 Å². The Balaban J connectivity index is 1.47. The molecule has 2 N–H and O–H groups in total. The van der Waals surface area contributed by atoms with Gasteiger partial charge in [-0.15, -0.1) is 0 Å². The average molecular weight is 483 g/mol. The molecule has 8 heteroatoms. The predicted octanol–water partition coefficient (Wildman–Crippen LogP) is 6.32. The summed E-state index contributed by atoms with van der Waals surface area (Å²) in [6.07, 6.45) is 7.55. The van der Waals surface area contributed by atoms with Crippen LogP contribution in [0.15, 0.2) is 48.8 Å². The summed E-state index contributed by atoms with van der Waals surface area (Å²) in [5.41, 5.74) is 10.1. The van der Waals surface area contributed by atoms with E-state index < -0.39 is 11.6 Å². The number of halogens is 3. The van der Waals surface area contributed by atoms with E-state index in [0.29, 0.717) is 0 Å². The Morgan fingerprint density at radius 1 is 1.03 bits per heavy atom. The van der Waals surface area contributed by atoms with Crippen molar-refractivity contribution in [1.29, 1.82) is 0 Å². The maximum atomic E-state index is 14.1. The quantitative estimate of drug-likeness (QED) is 0.338. The fourth-order valence-corrected chi connectivity index (χ4v) is 4.73. The van der Waals surface area contributed by atoms with Crippen LogP contribution in [0.2, 0.25) is 5.02 Å². The standard InChI is InChI=1S/C26H25ClF2N4O/c1-32-14-23(33-9-3-2-4-10-33)18-11-16(5-8-22(18)32)17-12-24(26(30)31-13-17)34-15-19-20(28)6-7-21(29)25(19)27/h5-8,11-14H,2-4,9-10,15H2,1H3,(H2,30,31). The molecular weight excluding hydrogens is 458 g/mol. The van der Waals surface area contributed by atoms with Crippen molar-refractivity contribution >= 4 is 34.0 Å². The van der Waals surface area contributed by atoms with Gasteiger partial charge in [0.15, 0.2) is 11.6 Å². The molecule has 0 spiro atoms. The van der Waals surface area contributed by atoms with Gasteiger partial charge in [-0.3, -0.25) is 0 Å². The fourth-order valence-electron chi connectivity index (χ4n) is 4.52. The maximum Gasteiger partial charge on any atom is 0.166 e. The molecule has 0 saturated carbocycles. The van der Waals surface area contributed by atoms with Crippen LogP contribution in [-0.2, 0) is 13.7 Å². The SMILES string of the molecule is Cn1cc(N2CCCCC2)c2cc(-c3cnc(N)c(OCc4c(F)ccc(F)c4Cl)c3)ccc21. The highest BCUT2D eigenvalue weighted by Crippen LogP contribution is 2.35. The Bertz CT molecular complexity index is 1360. The van der Waals surface area contributed by atoms with Crippen molar-refractivity contribution in [2.45, 2.75) is 25.9 Å². The van der Waals surface area contributed by atoms with Crippen molar-refractivity contribution in [1.82, 2.24) is 9.55 Å². The number of hydrogen-bond donors (Lipinski definition) is 1. The third-order valence-corrected chi connectivity index (χ3v) is 6.80. The first kappa shape index (κ1) is 22.5. The number of ether oxygens (including phenoxy) is 1. The maximum absolute atomic E-state index is 14.1. The molecule has 0 amide bonds. The number of anilines is 2. The smallest absolute Gasteiger partial charge is 0.166 e. The molecule has 5 rings (SSSR count). The average Bonchev–Trinajstić information content (AvgIpc) is 3.19. The van der Waals surface area contributed by atoms with Gasteiger partial charge in [-0.1, -0.05) is 17.7 Å². The molecule has 2 aromatic carbocycles. The molecule has 4 aromatic rings. The number of nitrogens with two attached hydrogens (primary N) is 1. The lowest BCUT2D eigenvalue weighted by atomic mass is 10.0. The van der Waals surface area contributed by atoms with Crippen molar-refractivity contribution in [3.8, 4) is 16.9 Å². The number of aryl methyl sites for hydroxylation is 1. The van der Waals surface area contributed by atoms with Crippen molar-refractivity contribution in [3.63, 3.8) is 0 Å². The fraction of sp³-hybridized carbons (Fsp3) is 0.269. The predicted molar refractivity (Wildman–Crippen MR) is 132 cm³/mol. The summed E-state index contributed by atoms with van der Waals surface area (Å²) in [5, 5.41) is 0.872. The van der Waals surface area contributed by atoms with E-state index >= 15 is 0 Å². The van der Waals surface area contributed by atoms with Crippen LogP contribution in [0.25, 0.3) is 22.0 Å². The topological polar surface area (TPSA) is 56.3 Å². The highest BCUT2D eigenvalue weighted by molar-refractivity contribution is 6.31. The van der Waals surface area contributed by atoms with E-state index in [9.17, 15) is 8.78 Å². The molecule has 3 heterocycles. The van der Waals surface area contributed by atoms with Crippen LogP contribution in [0, 0.1) is 11.6 Å². The molecule has 0 atom stereocenters. The monoisotopic (exact) mass is 482 g/mol. The van der Waals surface area contributed by atoms with Gasteiger partial charge in [-0.05, 0) is 55.2 Å². The van der Waals surface area contributed by atoms with Gasteiger partial charge in [0.05, 0.1) is 10.7 Å². The molecule has 0 radical (unpaired) electrons. The minimum atomic E-state index is -0.706. The van der Waals surface area contributed by atoms with Crippen LogP contribution in [0.1, 0.15) is 24.8 Å². The summed E-state index contributed by atoms with van der Waals surface area (Å²) in [7, 11) is 2.06. The van der Waals surface area contributed by atoms with Gasteiger partial charge in [0, 0.05) is 54.6 Å². The van der Waals surface area contributed by atoms with Gasteiger partial charge in [0.2, 0.25) is 0 Å². The van der Waals surface area contributed by atoms with Gasteiger partial charge in [-0.25, -0.2) is 13.8 Å². The summed E-state index contributed by atoms with van der Waals surface area (Å²) < 4.78 is 35.8. The first-order valence-corrected chi connectivity index (χ1v) is 11.7. The van der Waals surface area contributed by atoms with Crippen LogP contribution >= 0.6 is 11.6 Å². The van der Waals surface area contributed by atoms with E-state index in [2.05, 4.69) is 39.8 Å². The summed E-state index contributed by atoms with van der Waals surface area (Å²) in [5.74, 6) is -0.913. The summed E-state index contributed by atoms with van der Waals surface area (Å²) in [6, 6.07) is 10.0. The first-order valence-electron chi connectivity index (χ1n) is 11.3. The normalized spacial score (nSPS) is 14.1. The Morgan fingerprint density at radius 2 is 1.79 bits per heavy atom. The van der Waals surface area contributed by atoms with Crippen molar-refractivity contribution < 1.29 is 13.5 Å². The minimum Gasteiger partial charge on any atom is -0.485 e. The zero-order valence-corrected chi connectivity index (χ0v) is 19.6. The molecule has 5 nitrogen and oxygen atoms in total. The van der Waals surface area contributed by atoms with Gasteiger partial charge in [0.25, 0.3) is 0 Å². The second-order valence-corrected chi connectivity index (χ2v) is 9.00. The molecule has 34 heavy (non-hydrogen) atoms. The molecule has 176 valence electrons. The molecule has 1 aliphatic rings. The lowest BCUT2D eigenvalue weighted by Gasteiger charge is -2.28. The van der Waals surface area contributed by atoms with Crippen LogP contribution in [0.4, 0.5) is 20.3 Å². The first-order chi connectivity index (χ1) is 16.4. The number of nitrogen functional groups attached to an aromatic ring is 1. The molecular formula is C26H25ClF2N4O. The van der Waals surface area contributed by atoms with E-state index in [-0.39, 0.29) is 28.8 Å². The number of benzene rings is 2.